The van der Waals surface area contributed by atoms with Gasteiger partial charge < -0.3 is 10.4 Å². The van der Waals surface area contributed by atoms with Gasteiger partial charge in [0.25, 0.3) is 0 Å². The molecule has 2 fully saturated rings. The fourth-order valence-electron chi connectivity index (χ4n) is 1.83. The largest absolute Gasteiger partial charge is 0.389 e. The van der Waals surface area contributed by atoms with Crippen LogP contribution in [0.25, 0.3) is 0 Å². The van der Waals surface area contributed by atoms with Gasteiger partial charge in [-0.25, -0.2) is 0 Å². The van der Waals surface area contributed by atoms with Crippen LogP contribution in [0.15, 0.2) is 0 Å². The molecule has 0 spiro atoms. The Kier molecular flexibility index (Phi) is 1.90. The smallest absolute Gasteiger partial charge is 0.0771 e. The van der Waals surface area contributed by atoms with Crippen LogP contribution in [0, 0.1) is 0 Å². The van der Waals surface area contributed by atoms with Crippen LogP contribution in [0.5, 0.6) is 0 Å². The molecule has 0 saturated heterocycles. The first-order valence-corrected chi connectivity index (χ1v) is 4.74. The van der Waals surface area contributed by atoms with Crippen LogP contribution in [0.2, 0.25) is 0 Å². The summed E-state index contributed by atoms with van der Waals surface area (Å²) in [5.41, 5.74) is -0.345. The summed E-state index contributed by atoms with van der Waals surface area (Å²) in [5, 5.41) is 13.3. The minimum Gasteiger partial charge on any atom is -0.389 e. The van der Waals surface area contributed by atoms with Crippen molar-refractivity contribution in [3.8, 4) is 0 Å². The third kappa shape index (κ3) is 1.94. The molecule has 0 radical (unpaired) electrons. The highest BCUT2D eigenvalue weighted by Crippen LogP contribution is 2.29. The highest BCUT2D eigenvalue weighted by Gasteiger charge is 2.32. The van der Waals surface area contributed by atoms with Crippen LogP contribution in [-0.2, 0) is 0 Å². The van der Waals surface area contributed by atoms with E-state index in [1.165, 1.54) is 25.7 Å². The van der Waals surface area contributed by atoms with Crippen LogP contribution in [0.1, 0.15) is 38.5 Å². The van der Waals surface area contributed by atoms with Gasteiger partial charge in [0.2, 0.25) is 0 Å². The summed E-state index contributed by atoms with van der Waals surface area (Å²) in [5.74, 6) is 0. The standard InChI is InChI=1S/C9H17NO/c11-9(5-1-2-6-9)7-10-8-3-4-8/h8,10-11H,1-7H2. The average molecular weight is 155 g/mol. The zero-order chi connectivity index (χ0) is 7.73. The monoisotopic (exact) mass is 155 g/mol. The van der Waals surface area contributed by atoms with E-state index in [1.54, 1.807) is 0 Å². The fraction of sp³-hybridized carbons (Fsp3) is 1.00. The number of hydrogen-bond acceptors (Lipinski definition) is 2. The van der Waals surface area contributed by atoms with Crippen molar-refractivity contribution < 1.29 is 5.11 Å². The van der Waals surface area contributed by atoms with E-state index in [0.717, 1.165) is 25.4 Å². The SMILES string of the molecule is OC1(CNC2CC2)CCCC1. The Morgan fingerprint density at radius 2 is 1.91 bits per heavy atom. The average Bonchev–Trinajstić information content (AvgIpc) is 2.73. The molecule has 2 rings (SSSR count). The quantitative estimate of drug-likeness (QED) is 0.638. The molecule has 2 aliphatic rings. The van der Waals surface area contributed by atoms with Gasteiger partial charge in [-0.3, -0.25) is 0 Å². The van der Waals surface area contributed by atoms with E-state index in [2.05, 4.69) is 5.32 Å². The molecule has 0 amide bonds. The van der Waals surface area contributed by atoms with Crippen LogP contribution < -0.4 is 5.32 Å². The molecule has 11 heavy (non-hydrogen) atoms. The highest BCUT2D eigenvalue weighted by atomic mass is 16.3. The topological polar surface area (TPSA) is 32.3 Å². The number of aliphatic hydroxyl groups is 1. The van der Waals surface area contributed by atoms with Gasteiger partial charge in [0, 0.05) is 12.6 Å². The minimum atomic E-state index is -0.345. The van der Waals surface area contributed by atoms with Crippen molar-refractivity contribution in [2.24, 2.45) is 0 Å². The summed E-state index contributed by atoms with van der Waals surface area (Å²) < 4.78 is 0. The first kappa shape index (κ1) is 7.56. The maximum atomic E-state index is 9.91. The summed E-state index contributed by atoms with van der Waals surface area (Å²) in [6, 6.07) is 0.736. The van der Waals surface area contributed by atoms with Gasteiger partial charge in [-0.1, -0.05) is 12.8 Å². The van der Waals surface area contributed by atoms with E-state index in [9.17, 15) is 5.11 Å². The normalized spacial score (nSPS) is 29.2. The van der Waals surface area contributed by atoms with E-state index >= 15 is 0 Å². The maximum Gasteiger partial charge on any atom is 0.0771 e. The van der Waals surface area contributed by atoms with Gasteiger partial charge in [0.05, 0.1) is 5.60 Å². The van der Waals surface area contributed by atoms with Crippen molar-refractivity contribution in [3.05, 3.63) is 0 Å². The fourth-order valence-corrected chi connectivity index (χ4v) is 1.83. The third-order valence-corrected chi connectivity index (χ3v) is 2.83. The Morgan fingerprint density at radius 3 is 2.45 bits per heavy atom. The van der Waals surface area contributed by atoms with Crippen molar-refractivity contribution in [1.29, 1.82) is 0 Å². The van der Waals surface area contributed by atoms with Gasteiger partial charge in [-0.2, -0.15) is 0 Å². The lowest BCUT2D eigenvalue weighted by Crippen LogP contribution is -2.38. The molecule has 2 N–H and O–H groups in total. The van der Waals surface area contributed by atoms with Crippen molar-refractivity contribution in [3.63, 3.8) is 0 Å². The van der Waals surface area contributed by atoms with Crippen molar-refractivity contribution in [2.75, 3.05) is 6.54 Å². The first-order valence-electron chi connectivity index (χ1n) is 4.74. The molecule has 0 aromatic rings. The molecule has 0 aromatic carbocycles. The molecule has 2 heteroatoms. The molecule has 0 bridgehead atoms. The van der Waals surface area contributed by atoms with Gasteiger partial charge in [-0.15, -0.1) is 0 Å². The molecule has 0 aliphatic heterocycles. The Balaban J connectivity index is 1.73. The van der Waals surface area contributed by atoms with E-state index in [0.29, 0.717) is 0 Å². The molecule has 0 unspecified atom stereocenters. The second-order valence-electron chi connectivity index (χ2n) is 4.09. The van der Waals surface area contributed by atoms with Crippen LogP contribution in [0.3, 0.4) is 0 Å². The summed E-state index contributed by atoms with van der Waals surface area (Å²) in [6.07, 6.45) is 7.07. The maximum absolute atomic E-state index is 9.91. The van der Waals surface area contributed by atoms with Crippen LogP contribution in [0.4, 0.5) is 0 Å². The molecule has 2 saturated carbocycles. The van der Waals surface area contributed by atoms with E-state index in [-0.39, 0.29) is 5.60 Å². The molecule has 0 heterocycles. The van der Waals surface area contributed by atoms with Gasteiger partial charge in [0.15, 0.2) is 0 Å². The first-order chi connectivity index (χ1) is 5.29. The summed E-state index contributed by atoms with van der Waals surface area (Å²) in [7, 11) is 0. The second-order valence-corrected chi connectivity index (χ2v) is 4.09. The predicted octanol–water partition coefficient (Wildman–Crippen LogP) is 1.04. The van der Waals surface area contributed by atoms with Gasteiger partial charge in [-0.05, 0) is 25.7 Å². The summed E-state index contributed by atoms with van der Waals surface area (Å²) in [4.78, 5) is 0. The van der Waals surface area contributed by atoms with Crippen molar-refractivity contribution >= 4 is 0 Å². The number of rotatable bonds is 3. The lowest BCUT2D eigenvalue weighted by atomic mass is 10.0. The van der Waals surface area contributed by atoms with E-state index in [1.807, 2.05) is 0 Å². The van der Waals surface area contributed by atoms with Crippen LogP contribution >= 0.6 is 0 Å². The zero-order valence-corrected chi connectivity index (χ0v) is 6.97. The number of hydrogen-bond donors (Lipinski definition) is 2. The van der Waals surface area contributed by atoms with E-state index in [4.69, 9.17) is 0 Å². The number of nitrogens with one attached hydrogen (secondary N) is 1. The van der Waals surface area contributed by atoms with E-state index < -0.39 is 0 Å². The molecular weight excluding hydrogens is 138 g/mol. The summed E-state index contributed by atoms with van der Waals surface area (Å²) >= 11 is 0. The van der Waals surface area contributed by atoms with Crippen molar-refractivity contribution in [2.45, 2.75) is 50.2 Å². The van der Waals surface area contributed by atoms with Gasteiger partial charge >= 0.3 is 0 Å². The zero-order valence-electron chi connectivity index (χ0n) is 6.97. The molecule has 0 aromatic heterocycles. The minimum absolute atomic E-state index is 0.345. The molecular formula is C9H17NO. The Labute approximate surface area is 68.0 Å². The molecule has 0 atom stereocenters. The predicted molar refractivity (Wildman–Crippen MR) is 44.4 cm³/mol. The van der Waals surface area contributed by atoms with Gasteiger partial charge in [0.1, 0.15) is 0 Å². The molecule has 2 nitrogen and oxygen atoms in total. The Bertz CT molecular complexity index is 136. The van der Waals surface area contributed by atoms with Crippen LogP contribution in [-0.4, -0.2) is 23.3 Å². The van der Waals surface area contributed by atoms with Crippen molar-refractivity contribution in [1.82, 2.24) is 5.32 Å². The summed E-state index contributed by atoms with van der Waals surface area (Å²) in [6.45, 7) is 0.831. The highest BCUT2D eigenvalue weighted by molar-refractivity contribution is 4.90. The third-order valence-electron chi connectivity index (χ3n) is 2.83. The molecule has 2 aliphatic carbocycles. The molecule has 64 valence electrons. The Hall–Kier alpha value is -0.0800. The Morgan fingerprint density at radius 1 is 1.27 bits per heavy atom. The lowest BCUT2D eigenvalue weighted by molar-refractivity contribution is 0.0474. The second kappa shape index (κ2) is 2.76. The lowest BCUT2D eigenvalue weighted by Gasteiger charge is -2.22.